The highest BCUT2D eigenvalue weighted by Gasteiger charge is 2.12. The number of carbonyl (C=O) groups excluding carboxylic acids is 3. The van der Waals surface area contributed by atoms with Crippen molar-refractivity contribution in [1.29, 1.82) is 0 Å². The molecule has 0 spiro atoms. The van der Waals surface area contributed by atoms with E-state index < -0.39 is 31.1 Å². The van der Waals surface area contributed by atoms with Crippen LogP contribution in [0.2, 0.25) is 5.02 Å². The van der Waals surface area contributed by atoms with Crippen molar-refractivity contribution in [2.45, 2.75) is 13.8 Å². The lowest BCUT2D eigenvalue weighted by Gasteiger charge is -2.09. The third-order valence-corrected chi connectivity index (χ3v) is 2.78. The first-order chi connectivity index (χ1) is 10.9. The number of rotatable bonds is 7. The summed E-state index contributed by atoms with van der Waals surface area (Å²) in [6.07, 6.45) is 0. The van der Waals surface area contributed by atoms with Gasteiger partial charge in [0.1, 0.15) is 5.75 Å². The Kier molecular flexibility index (Phi) is 7.90. The predicted molar refractivity (Wildman–Crippen MR) is 84.3 cm³/mol. The quantitative estimate of drug-likeness (QED) is 0.736. The van der Waals surface area contributed by atoms with Gasteiger partial charge in [-0.25, -0.2) is 9.59 Å². The van der Waals surface area contributed by atoms with Gasteiger partial charge in [0.25, 0.3) is 5.91 Å². The zero-order chi connectivity index (χ0) is 17.2. The fourth-order valence-electron chi connectivity index (χ4n) is 1.39. The van der Waals surface area contributed by atoms with E-state index in [4.69, 9.17) is 21.1 Å². The zero-order valence-corrected chi connectivity index (χ0v) is 13.7. The minimum atomic E-state index is -0.748. The van der Waals surface area contributed by atoms with E-state index in [2.05, 4.69) is 5.32 Å². The molecule has 0 bridgehead atoms. The average molecular weight is 343 g/mol. The molecule has 2 N–H and O–H groups in total. The van der Waals surface area contributed by atoms with Gasteiger partial charge in [-0.1, -0.05) is 37.6 Å². The van der Waals surface area contributed by atoms with E-state index in [0.29, 0.717) is 17.3 Å². The highest BCUT2D eigenvalue weighted by molar-refractivity contribution is 6.32. The lowest BCUT2D eigenvalue weighted by atomic mass is 10.2. The molecule has 0 unspecified atom stereocenters. The summed E-state index contributed by atoms with van der Waals surface area (Å²) in [6.45, 7) is 3.31. The van der Waals surface area contributed by atoms with Gasteiger partial charge in [0.2, 0.25) is 0 Å². The maximum absolute atomic E-state index is 11.5. The van der Waals surface area contributed by atoms with Crippen LogP contribution >= 0.6 is 11.6 Å². The number of carbonyl (C=O) groups is 3. The molecule has 0 atom stereocenters. The summed E-state index contributed by atoms with van der Waals surface area (Å²) in [6, 6.07) is 6.01. The molecule has 0 aromatic heterocycles. The highest BCUT2D eigenvalue weighted by Crippen LogP contribution is 2.22. The van der Waals surface area contributed by atoms with Crippen LogP contribution in [-0.2, 0) is 14.3 Å². The number of urea groups is 1. The van der Waals surface area contributed by atoms with Crippen molar-refractivity contribution < 1.29 is 23.9 Å². The van der Waals surface area contributed by atoms with Crippen LogP contribution in [0.1, 0.15) is 13.8 Å². The van der Waals surface area contributed by atoms with E-state index in [0.717, 1.165) is 0 Å². The number of nitrogens with one attached hydrogen (secondary N) is 2. The van der Waals surface area contributed by atoms with Crippen LogP contribution in [-0.4, -0.2) is 37.7 Å². The zero-order valence-electron chi connectivity index (χ0n) is 12.9. The monoisotopic (exact) mass is 342 g/mol. The molecule has 0 saturated carbocycles. The van der Waals surface area contributed by atoms with Crippen molar-refractivity contribution in [3.05, 3.63) is 29.3 Å². The third-order valence-electron chi connectivity index (χ3n) is 2.47. The molecule has 126 valence electrons. The molecule has 23 heavy (non-hydrogen) atoms. The average Bonchev–Trinajstić information content (AvgIpc) is 2.50. The fourth-order valence-corrected chi connectivity index (χ4v) is 1.58. The summed E-state index contributed by atoms with van der Waals surface area (Å²) in [5.41, 5.74) is 0. The number of benzene rings is 1. The Morgan fingerprint density at radius 1 is 1.17 bits per heavy atom. The maximum atomic E-state index is 11.5. The number of halogens is 1. The third kappa shape index (κ3) is 8.06. The molecule has 1 aromatic carbocycles. The minimum Gasteiger partial charge on any atom is -0.480 e. The standard InChI is InChI=1S/C15H19ClN2O5/c1-10(2)7-17-15(21)18-13(19)8-23-14(20)9-22-12-6-4-3-5-11(12)16/h3-6,10H,7-9H2,1-2H3,(H2,17,18,19,21). The second kappa shape index (κ2) is 9.68. The molecule has 0 heterocycles. The second-order valence-electron chi connectivity index (χ2n) is 5.03. The lowest BCUT2D eigenvalue weighted by Crippen LogP contribution is -2.42. The van der Waals surface area contributed by atoms with Gasteiger partial charge in [-0.2, -0.15) is 0 Å². The molecule has 0 radical (unpaired) electrons. The van der Waals surface area contributed by atoms with E-state index in [1.165, 1.54) is 0 Å². The minimum absolute atomic E-state index is 0.260. The summed E-state index contributed by atoms with van der Waals surface area (Å²) >= 11 is 5.86. The van der Waals surface area contributed by atoms with Crippen LogP contribution in [0.5, 0.6) is 5.75 Å². The summed E-state index contributed by atoms with van der Waals surface area (Å²) in [7, 11) is 0. The maximum Gasteiger partial charge on any atom is 0.344 e. The first-order valence-electron chi connectivity index (χ1n) is 6.99. The summed E-state index contributed by atoms with van der Waals surface area (Å²) in [5, 5.41) is 4.91. The van der Waals surface area contributed by atoms with Crippen LogP contribution in [0.15, 0.2) is 24.3 Å². The van der Waals surface area contributed by atoms with Crippen molar-refractivity contribution in [1.82, 2.24) is 10.6 Å². The molecule has 8 heteroatoms. The van der Waals surface area contributed by atoms with Gasteiger partial charge in [-0.05, 0) is 18.1 Å². The number of esters is 1. The van der Waals surface area contributed by atoms with Crippen LogP contribution in [0.4, 0.5) is 4.79 Å². The molecule has 1 aromatic rings. The Bertz CT molecular complexity index is 563. The van der Waals surface area contributed by atoms with Gasteiger partial charge in [0.15, 0.2) is 13.2 Å². The van der Waals surface area contributed by atoms with Crippen molar-refractivity contribution >= 4 is 29.5 Å². The molecule has 0 aliphatic carbocycles. The highest BCUT2D eigenvalue weighted by atomic mass is 35.5. The second-order valence-corrected chi connectivity index (χ2v) is 5.44. The van der Waals surface area contributed by atoms with Crippen molar-refractivity contribution in [2.75, 3.05) is 19.8 Å². The van der Waals surface area contributed by atoms with Gasteiger partial charge in [-0.15, -0.1) is 0 Å². The van der Waals surface area contributed by atoms with E-state index in [1.54, 1.807) is 24.3 Å². The SMILES string of the molecule is CC(C)CNC(=O)NC(=O)COC(=O)COc1ccccc1Cl. The molecule has 0 saturated heterocycles. The molecular formula is C15H19ClN2O5. The Labute approximate surface area is 139 Å². The van der Waals surface area contributed by atoms with Gasteiger partial charge < -0.3 is 14.8 Å². The number of amides is 3. The number of hydrogen-bond acceptors (Lipinski definition) is 5. The Balaban J connectivity index is 2.24. The first kappa shape index (κ1) is 18.8. The van der Waals surface area contributed by atoms with E-state index in [-0.39, 0.29) is 5.92 Å². The molecular weight excluding hydrogens is 324 g/mol. The molecule has 1 rings (SSSR count). The smallest absolute Gasteiger partial charge is 0.344 e. The van der Waals surface area contributed by atoms with Crippen LogP contribution in [0, 0.1) is 5.92 Å². The summed E-state index contributed by atoms with van der Waals surface area (Å²) < 4.78 is 9.85. The van der Waals surface area contributed by atoms with Crippen LogP contribution in [0.25, 0.3) is 0 Å². The molecule has 3 amide bonds. The van der Waals surface area contributed by atoms with Gasteiger partial charge in [0, 0.05) is 6.54 Å². The van der Waals surface area contributed by atoms with E-state index >= 15 is 0 Å². The van der Waals surface area contributed by atoms with Crippen LogP contribution in [0.3, 0.4) is 0 Å². The van der Waals surface area contributed by atoms with Crippen molar-refractivity contribution in [2.24, 2.45) is 5.92 Å². The largest absolute Gasteiger partial charge is 0.480 e. The summed E-state index contributed by atoms with van der Waals surface area (Å²) in [4.78, 5) is 34.2. The van der Waals surface area contributed by atoms with Gasteiger partial charge in [-0.3, -0.25) is 10.1 Å². The number of imide groups is 1. The summed E-state index contributed by atoms with van der Waals surface area (Å²) in [5.74, 6) is -0.876. The topological polar surface area (TPSA) is 93.7 Å². The predicted octanol–water partition coefficient (Wildman–Crippen LogP) is 1.74. The fraction of sp³-hybridized carbons (Fsp3) is 0.400. The number of para-hydroxylation sites is 1. The number of ether oxygens (including phenoxy) is 2. The Morgan fingerprint density at radius 3 is 2.52 bits per heavy atom. The molecule has 0 aliphatic rings. The Hall–Kier alpha value is -2.28. The van der Waals surface area contributed by atoms with Crippen molar-refractivity contribution in [3.8, 4) is 5.75 Å². The Morgan fingerprint density at radius 2 is 1.87 bits per heavy atom. The first-order valence-corrected chi connectivity index (χ1v) is 7.37. The lowest BCUT2D eigenvalue weighted by molar-refractivity contribution is -0.150. The molecule has 0 aliphatic heterocycles. The normalized spacial score (nSPS) is 10.1. The van der Waals surface area contributed by atoms with Gasteiger partial charge >= 0.3 is 12.0 Å². The number of hydrogen-bond donors (Lipinski definition) is 2. The van der Waals surface area contributed by atoms with Crippen molar-refractivity contribution in [3.63, 3.8) is 0 Å². The van der Waals surface area contributed by atoms with E-state index in [9.17, 15) is 14.4 Å². The van der Waals surface area contributed by atoms with E-state index in [1.807, 2.05) is 19.2 Å². The van der Waals surface area contributed by atoms with Crippen LogP contribution < -0.4 is 15.4 Å². The molecule has 0 fully saturated rings. The molecule has 7 nitrogen and oxygen atoms in total. The van der Waals surface area contributed by atoms with Gasteiger partial charge in [0.05, 0.1) is 5.02 Å².